The van der Waals surface area contributed by atoms with Crippen LogP contribution in [0.4, 0.5) is 11.4 Å². The van der Waals surface area contributed by atoms with Gasteiger partial charge >= 0.3 is 0 Å². The van der Waals surface area contributed by atoms with Gasteiger partial charge in [-0.2, -0.15) is 0 Å². The molecule has 4 aromatic rings. The molecule has 2 aromatic heterocycles. The van der Waals surface area contributed by atoms with Crippen molar-refractivity contribution in [3.8, 4) is 17.4 Å². The minimum atomic E-state index is -3.88. The fourth-order valence-electron chi connectivity index (χ4n) is 3.56. The Balaban J connectivity index is 1.24. The SMILES string of the molecule is O=C1CCC(=O)N1c1ccc(S(=O)(=O)Nc2ccc(Oc3ccc(-n4cccc4)nn3)cc2)cc1. The van der Waals surface area contributed by atoms with E-state index in [9.17, 15) is 18.0 Å². The number of ether oxygens (including phenoxy) is 1. The molecule has 2 amide bonds. The van der Waals surface area contributed by atoms with Gasteiger partial charge in [-0.15, -0.1) is 10.2 Å². The van der Waals surface area contributed by atoms with E-state index in [2.05, 4.69) is 14.9 Å². The first-order chi connectivity index (χ1) is 16.9. The lowest BCUT2D eigenvalue weighted by Gasteiger charge is -2.14. The summed E-state index contributed by atoms with van der Waals surface area (Å²) >= 11 is 0. The number of amides is 2. The van der Waals surface area contributed by atoms with Crippen LogP contribution in [0.15, 0.2) is 90.1 Å². The van der Waals surface area contributed by atoms with Crippen LogP contribution >= 0.6 is 0 Å². The van der Waals surface area contributed by atoms with Gasteiger partial charge < -0.3 is 9.30 Å². The Labute approximate surface area is 200 Å². The fourth-order valence-corrected chi connectivity index (χ4v) is 4.62. The summed E-state index contributed by atoms with van der Waals surface area (Å²) in [6.45, 7) is 0. The highest BCUT2D eigenvalue weighted by atomic mass is 32.2. The quantitative estimate of drug-likeness (QED) is 0.394. The van der Waals surface area contributed by atoms with Gasteiger partial charge in [-0.25, -0.2) is 8.42 Å². The molecular weight excluding hydrogens is 470 g/mol. The molecular formula is C24H19N5O5S. The average molecular weight is 490 g/mol. The molecule has 1 fully saturated rings. The van der Waals surface area contributed by atoms with Gasteiger partial charge in [-0.3, -0.25) is 19.2 Å². The molecule has 176 valence electrons. The van der Waals surface area contributed by atoms with E-state index in [0.717, 1.165) is 4.90 Å². The number of benzene rings is 2. The molecule has 3 heterocycles. The van der Waals surface area contributed by atoms with Crippen LogP contribution in [0.5, 0.6) is 11.6 Å². The Kier molecular flexibility index (Phi) is 5.75. The van der Waals surface area contributed by atoms with Crippen molar-refractivity contribution in [1.29, 1.82) is 0 Å². The third kappa shape index (κ3) is 4.75. The summed E-state index contributed by atoms with van der Waals surface area (Å²) in [6, 6.07) is 19.1. The number of sulfonamides is 1. The first-order valence-corrected chi connectivity index (χ1v) is 12.1. The minimum absolute atomic E-state index is 0.00118. The molecule has 0 spiro atoms. The molecule has 11 heteroatoms. The van der Waals surface area contributed by atoms with Crippen LogP contribution in [0, 0.1) is 0 Å². The molecule has 10 nitrogen and oxygen atoms in total. The van der Waals surface area contributed by atoms with Gasteiger partial charge in [0.25, 0.3) is 10.0 Å². The maximum atomic E-state index is 12.8. The van der Waals surface area contributed by atoms with Crippen molar-refractivity contribution < 1.29 is 22.7 Å². The molecule has 5 rings (SSSR count). The zero-order valence-corrected chi connectivity index (χ0v) is 19.1. The summed E-state index contributed by atoms with van der Waals surface area (Å²) in [5, 5.41) is 8.16. The Morgan fingerprint density at radius 1 is 0.800 bits per heavy atom. The predicted molar refractivity (Wildman–Crippen MR) is 127 cm³/mol. The Hall–Kier alpha value is -4.51. The summed E-state index contributed by atoms with van der Waals surface area (Å²) < 4.78 is 35.5. The first-order valence-electron chi connectivity index (χ1n) is 10.6. The number of imide groups is 1. The van der Waals surface area contributed by atoms with Crippen LogP contribution < -0.4 is 14.4 Å². The first kappa shape index (κ1) is 22.3. The highest BCUT2D eigenvalue weighted by molar-refractivity contribution is 7.92. The summed E-state index contributed by atoms with van der Waals surface area (Å²) in [5.41, 5.74) is 0.683. The van der Waals surface area contributed by atoms with Crippen LogP contribution in [0.1, 0.15) is 12.8 Å². The van der Waals surface area contributed by atoms with Crippen molar-refractivity contribution in [3.63, 3.8) is 0 Å². The predicted octanol–water partition coefficient (Wildman–Crippen LogP) is 3.51. The van der Waals surface area contributed by atoms with Crippen molar-refractivity contribution >= 4 is 33.2 Å². The lowest BCUT2D eigenvalue weighted by Crippen LogP contribution is -2.28. The van der Waals surface area contributed by atoms with Gasteiger partial charge in [-0.05, 0) is 66.7 Å². The Bertz CT molecular complexity index is 1450. The van der Waals surface area contributed by atoms with Crippen LogP contribution in [-0.2, 0) is 19.6 Å². The molecule has 1 saturated heterocycles. The Morgan fingerprint density at radius 2 is 1.46 bits per heavy atom. The number of nitrogens with one attached hydrogen (secondary N) is 1. The topological polar surface area (TPSA) is 123 Å². The van der Waals surface area contributed by atoms with Gasteiger partial charge in [-0.1, -0.05) is 0 Å². The number of anilines is 2. The fraction of sp³-hybridized carbons (Fsp3) is 0.0833. The van der Waals surface area contributed by atoms with Crippen LogP contribution in [0.25, 0.3) is 5.82 Å². The van der Waals surface area contributed by atoms with E-state index in [1.54, 1.807) is 36.4 Å². The standard InChI is InChI=1S/C24H19N5O5S/c30-23-13-14-24(31)29(23)18-5-9-20(10-6-18)35(32,33)27-17-3-7-19(8-4-17)34-22-12-11-21(25-26-22)28-15-1-2-16-28/h1-12,15-16,27H,13-14H2. The third-order valence-electron chi connectivity index (χ3n) is 5.28. The maximum absolute atomic E-state index is 12.8. The molecule has 2 aromatic carbocycles. The van der Waals surface area contributed by atoms with Crippen molar-refractivity contribution in [2.24, 2.45) is 0 Å². The summed E-state index contributed by atoms with van der Waals surface area (Å²) in [4.78, 5) is 24.8. The number of hydrogen-bond donors (Lipinski definition) is 1. The van der Waals surface area contributed by atoms with Gasteiger partial charge in [0.1, 0.15) is 5.75 Å². The van der Waals surface area contributed by atoms with Crippen molar-refractivity contribution in [2.75, 3.05) is 9.62 Å². The molecule has 0 radical (unpaired) electrons. The molecule has 0 atom stereocenters. The van der Waals surface area contributed by atoms with E-state index >= 15 is 0 Å². The van der Waals surface area contributed by atoms with E-state index in [-0.39, 0.29) is 29.6 Å². The smallest absolute Gasteiger partial charge is 0.261 e. The zero-order valence-electron chi connectivity index (χ0n) is 18.2. The zero-order chi connectivity index (χ0) is 24.4. The molecule has 0 saturated carbocycles. The summed E-state index contributed by atoms with van der Waals surface area (Å²) in [6.07, 6.45) is 4.03. The van der Waals surface area contributed by atoms with Crippen molar-refractivity contribution in [3.05, 3.63) is 85.2 Å². The molecule has 1 N–H and O–H groups in total. The van der Waals surface area contributed by atoms with Crippen molar-refractivity contribution in [2.45, 2.75) is 17.7 Å². The third-order valence-corrected chi connectivity index (χ3v) is 6.68. The normalized spacial score (nSPS) is 13.8. The average Bonchev–Trinajstić information content (AvgIpc) is 3.51. The van der Waals surface area contributed by atoms with E-state index in [1.165, 1.54) is 24.3 Å². The number of aromatic nitrogens is 3. The summed E-state index contributed by atoms with van der Waals surface area (Å²) in [7, 11) is -3.88. The minimum Gasteiger partial charge on any atom is -0.438 e. The molecule has 0 unspecified atom stereocenters. The molecule has 0 aliphatic carbocycles. The highest BCUT2D eigenvalue weighted by Crippen LogP contribution is 2.26. The molecule has 1 aliphatic rings. The number of carbonyl (C=O) groups excluding carboxylic acids is 2. The van der Waals surface area contributed by atoms with Crippen LogP contribution in [0.3, 0.4) is 0 Å². The molecule has 1 aliphatic heterocycles. The van der Waals surface area contributed by atoms with Gasteiger partial charge in [0.15, 0.2) is 5.82 Å². The Morgan fingerprint density at radius 3 is 2.06 bits per heavy atom. The monoisotopic (exact) mass is 489 g/mol. The largest absolute Gasteiger partial charge is 0.438 e. The second-order valence-corrected chi connectivity index (χ2v) is 9.35. The number of hydrogen-bond acceptors (Lipinski definition) is 7. The lowest BCUT2D eigenvalue weighted by molar-refractivity contribution is -0.121. The van der Waals surface area contributed by atoms with E-state index in [1.807, 2.05) is 29.1 Å². The van der Waals surface area contributed by atoms with Gasteiger partial charge in [0.2, 0.25) is 17.7 Å². The second-order valence-electron chi connectivity index (χ2n) is 7.67. The lowest BCUT2D eigenvalue weighted by atomic mass is 10.3. The number of nitrogens with zero attached hydrogens (tertiary/aromatic N) is 4. The number of carbonyl (C=O) groups is 2. The molecule has 35 heavy (non-hydrogen) atoms. The number of rotatable bonds is 7. The van der Waals surface area contributed by atoms with Crippen molar-refractivity contribution in [1.82, 2.24) is 14.8 Å². The molecule has 0 bridgehead atoms. The van der Waals surface area contributed by atoms with E-state index < -0.39 is 10.0 Å². The van der Waals surface area contributed by atoms with Crippen LogP contribution in [-0.4, -0.2) is 35.0 Å². The van der Waals surface area contributed by atoms with Gasteiger partial charge in [0, 0.05) is 37.0 Å². The van der Waals surface area contributed by atoms with Crippen LogP contribution in [0.2, 0.25) is 0 Å². The highest BCUT2D eigenvalue weighted by Gasteiger charge is 2.30. The van der Waals surface area contributed by atoms with E-state index in [0.29, 0.717) is 28.8 Å². The van der Waals surface area contributed by atoms with Gasteiger partial charge in [0.05, 0.1) is 10.6 Å². The summed E-state index contributed by atoms with van der Waals surface area (Å²) in [5.74, 6) is 0.811. The maximum Gasteiger partial charge on any atom is 0.261 e. The van der Waals surface area contributed by atoms with E-state index in [4.69, 9.17) is 4.74 Å². The second kappa shape index (κ2) is 9.03.